The van der Waals surface area contributed by atoms with Gasteiger partial charge in [0.05, 0.1) is 11.7 Å². The maximum absolute atomic E-state index is 14.8. The molecule has 0 saturated carbocycles. The average Bonchev–Trinajstić information content (AvgIpc) is 3.38. The smallest absolute Gasteiger partial charge is 0.229 e. The van der Waals surface area contributed by atoms with Gasteiger partial charge in [-0.05, 0) is 51.3 Å². The zero-order valence-corrected chi connectivity index (χ0v) is 20.7. The van der Waals surface area contributed by atoms with Gasteiger partial charge in [0.2, 0.25) is 5.95 Å². The Bertz CT molecular complexity index is 1390. The molecule has 2 unspecified atom stereocenters. The van der Waals surface area contributed by atoms with Crippen molar-refractivity contribution < 1.29 is 4.39 Å². The predicted molar refractivity (Wildman–Crippen MR) is 136 cm³/mol. The molecular formula is C26H30FN9. The Morgan fingerprint density at radius 2 is 1.86 bits per heavy atom. The Hall–Kier alpha value is -3.50. The van der Waals surface area contributed by atoms with E-state index in [0.717, 1.165) is 31.0 Å². The largest absolute Gasteiger partial charge is 0.324 e. The molecule has 0 aliphatic carbocycles. The fourth-order valence-electron chi connectivity index (χ4n) is 5.48. The molecule has 2 aliphatic heterocycles. The van der Waals surface area contributed by atoms with Crippen molar-refractivity contribution in [3.8, 4) is 11.3 Å². The number of aromatic nitrogens is 6. The maximum atomic E-state index is 14.8. The molecular weight excluding hydrogens is 457 g/mol. The summed E-state index contributed by atoms with van der Waals surface area (Å²) in [6, 6.07) is 7.30. The van der Waals surface area contributed by atoms with Gasteiger partial charge < -0.3 is 15.2 Å². The molecule has 6 rings (SSSR count). The first-order valence-electron chi connectivity index (χ1n) is 12.5. The molecule has 9 nitrogen and oxygen atoms in total. The second kappa shape index (κ2) is 9.18. The van der Waals surface area contributed by atoms with Crippen LogP contribution in [0.5, 0.6) is 0 Å². The number of hydrogen-bond acceptors (Lipinski definition) is 8. The lowest BCUT2D eigenvalue weighted by atomic mass is 10.2. The third-order valence-corrected chi connectivity index (χ3v) is 7.02. The number of imidazole rings is 1. The van der Waals surface area contributed by atoms with E-state index in [4.69, 9.17) is 0 Å². The van der Waals surface area contributed by atoms with Crippen molar-refractivity contribution >= 4 is 22.9 Å². The summed E-state index contributed by atoms with van der Waals surface area (Å²) in [4.78, 5) is 24.6. The van der Waals surface area contributed by atoms with Gasteiger partial charge in [0.1, 0.15) is 17.3 Å². The summed E-state index contributed by atoms with van der Waals surface area (Å²) in [5.41, 5.74) is 3.40. The summed E-state index contributed by atoms with van der Waals surface area (Å²) >= 11 is 0. The maximum Gasteiger partial charge on any atom is 0.229 e. The number of rotatable bonds is 6. The molecule has 0 aromatic carbocycles. The molecule has 6 heterocycles. The van der Waals surface area contributed by atoms with Gasteiger partial charge in [-0.15, -0.1) is 0 Å². The van der Waals surface area contributed by atoms with Crippen molar-refractivity contribution in [2.45, 2.75) is 58.3 Å². The van der Waals surface area contributed by atoms with Crippen LogP contribution >= 0.6 is 0 Å². The van der Waals surface area contributed by atoms with Crippen molar-refractivity contribution in [3.63, 3.8) is 0 Å². The van der Waals surface area contributed by atoms with Crippen LogP contribution in [-0.2, 0) is 6.54 Å². The van der Waals surface area contributed by atoms with Crippen LogP contribution in [0.15, 0.2) is 36.8 Å². The van der Waals surface area contributed by atoms with Crippen LogP contribution in [-0.4, -0.2) is 59.6 Å². The number of likely N-dealkylation sites (tertiary alicyclic amines) is 1. The predicted octanol–water partition coefficient (Wildman–Crippen LogP) is 3.99. The van der Waals surface area contributed by atoms with E-state index in [1.807, 2.05) is 25.3 Å². The highest BCUT2D eigenvalue weighted by molar-refractivity contribution is 5.78. The van der Waals surface area contributed by atoms with E-state index in [-0.39, 0.29) is 17.7 Å². The van der Waals surface area contributed by atoms with Crippen LogP contribution in [0.4, 0.5) is 16.2 Å². The first kappa shape index (κ1) is 22.9. The van der Waals surface area contributed by atoms with E-state index < -0.39 is 5.82 Å². The zero-order chi connectivity index (χ0) is 24.8. The highest BCUT2D eigenvalue weighted by Gasteiger charge is 2.31. The molecule has 36 heavy (non-hydrogen) atoms. The molecule has 0 radical (unpaired) electrons. The van der Waals surface area contributed by atoms with Gasteiger partial charge in [-0.25, -0.2) is 29.3 Å². The summed E-state index contributed by atoms with van der Waals surface area (Å²) in [6.45, 7) is 9.17. The second-order valence-corrected chi connectivity index (χ2v) is 10.1. The molecule has 2 aliphatic rings. The van der Waals surface area contributed by atoms with E-state index in [1.165, 1.54) is 24.6 Å². The summed E-state index contributed by atoms with van der Waals surface area (Å²) < 4.78 is 16.8. The summed E-state index contributed by atoms with van der Waals surface area (Å²) in [5, 5.41) is 6.77. The molecule has 4 aromatic rings. The van der Waals surface area contributed by atoms with Crippen LogP contribution in [0.25, 0.3) is 22.4 Å². The zero-order valence-electron chi connectivity index (χ0n) is 20.7. The molecule has 2 saturated heterocycles. The van der Waals surface area contributed by atoms with Gasteiger partial charge in [-0.1, -0.05) is 6.07 Å². The van der Waals surface area contributed by atoms with E-state index in [1.54, 1.807) is 6.20 Å². The summed E-state index contributed by atoms with van der Waals surface area (Å²) in [5.74, 6) is 1.24. The van der Waals surface area contributed by atoms with Gasteiger partial charge in [0.15, 0.2) is 11.5 Å². The number of fused-ring (bicyclic) bond motifs is 3. The number of hydrogen-bond donors (Lipinski definition) is 2. The van der Waals surface area contributed by atoms with Gasteiger partial charge in [0, 0.05) is 55.7 Å². The quantitative estimate of drug-likeness (QED) is 0.421. The highest BCUT2D eigenvalue weighted by atomic mass is 19.1. The Labute approximate surface area is 209 Å². The van der Waals surface area contributed by atoms with E-state index >= 15 is 0 Å². The fraction of sp³-hybridized carbons (Fsp3) is 0.423. The van der Waals surface area contributed by atoms with Crippen molar-refractivity contribution in [1.82, 2.24) is 39.7 Å². The lowest BCUT2D eigenvalue weighted by molar-refractivity contribution is 0.188. The Morgan fingerprint density at radius 3 is 2.58 bits per heavy atom. The van der Waals surface area contributed by atoms with Gasteiger partial charge >= 0.3 is 0 Å². The Balaban J connectivity index is 1.20. The number of anilines is 2. The summed E-state index contributed by atoms with van der Waals surface area (Å²) in [7, 11) is 0. The minimum atomic E-state index is -0.512. The van der Waals surface area contributed by atoms with E-state index in [0.29, 0.717) is 29.1 Å². The SMILES string of the molecule is Cc1nc2ncc(-c3nc(Nc4ccc(CN5CC6CCC(C5)N6)cn4)ncc3F)cc2n1C(C)C. The standard InChI is InChI=1S/C26H30FN9/c1-15(2)36-16(3)31-25-22(36)8-18(10-29-25)24-21(27)11-30-26(34-24)33-23-7-4-17(9-28-23)12-35-13-19-5-6-20(14-35)32-19/h4,7-11,15,19-20,32H,5-6,12-14H2,1-3H3,(H,28,30,33,34). The Kier molecular flexibility index (Phi) is 5.85. The number of aryl methyl sites for hydroxylation is 1. The molecule has 2 fully saturated rings. The van der Waals surface area contributed by atoms with E-state index in [9.17, 15) is 4.39 Å². The number of nitrogens with zero attached hydrogens (tertiary/aromatic N) is 7. The minimum absolute atomic E-state index is 0.181. The average molecular weight is 488 g/mol. The molecule has 0 spiro atoms. The Morgan fingerprint density at radius 1 is 1.06 bits per heavy atom. The third-order valence-electron chi connectivity index (χ3n) is 7.02. The van der Waals surface area contributed by atoms with Crippen LogP contribution < -0.4 is 10.6 Å². The fourth-order valence-corrected chi connectivity index (χ4v) is 5.48. The summed E-state index contributed by atoms with van der Waals surface area (Å²) in [6.07, 6.45) is 7.20. The second-order valence-electron chi connectivity index (χ2n) is 10.1. The van der Waals surface area contributed by atoms with Gasteiger partial charge in [0.25, 0.3) is 0 Å². The monoisotopic (exact) mass is 487 g/mol. The topological polar surface area (TPSA) is 96.7 Å². The molecule has 4 aromatic heterocycles. The number of pyridine rings is 2. The van der Waals surface area contributed by atoms with Crippen molar-refractivity contribution in [1.29, 1.82) is 0 Å². The number of halogens is 1. The minimum Gasteiger partial charge on any atom is -0.324 e. The highest BCUT2D eigenvalue weighted by Crippen LogP contribution is 2.27. The van der Waals surface area contributed by atoms with Crippen LogP contribution in [0.2, 0.25) is 0 Å². The molecule has 10 heteroatoms. The van der Waals surface area contributed by atoms with Gasteiger partial charge in [-0.3, -0.25) is 4.90 Å². The normalized spacial score (nSPS) is 19.9. The van der Waals surface area contributed by atoms with Crippen molar-refractivity contribution in [2.24, 2.45) is 0 Å². The first-order chi connectivity index (χ1) is 17.4. The molecule has 2 bridgehead atoms. The third kappa shape index (κ3) is 4.42. The molecule has 2 N–H and O–H groups in total. The first-order valence-corrected chi connectivity index (χ1v) is 12.5. The van der Waals surface area contributed by atoms with Gasteiger partial charge in [-0.2, -0.15) is 0 Å². The number of nitrogens with one attached hydrogen (secondary N) is 2. The molecule has 0 amide bonds. The van der Waals surface area contributed by atoms with Crippen LogP contribution in [0, 0.1) is 12.7 Å². The lowest BCUT2D eigenvalue weighted by Gasteiger charge is -2.32. The molecule has 186 valence electrons. The van der Waals surface area contributed by atoms with Crippen LogP contribution in [0.3, 0.4) is 0 Å². The van der Waals surface area contributed by atoms with Crippen LogP contribution in [0.1, 0.15) is 44.1 Å². The lowest BCUT2D eigenvalue weighted by Crippen LogP contribution is -2.50. The van der Waals surface area contributed by atoms with Crippen molar-refractivity contribution in [3.05, 3.63) is 54.0 Å². The molecule has 2 atom stereocenters. The van der Waals surface area contributed by atoms with E-state index in [2.05, 4.69) is 64.9 Å². The van der Waals surface area contributed by atoms with Crippen molar-refractivity contribution in [2.75, 3.05) is 18.4 Å². The number of piperazine rings is 1.